The van der Waals surface area contributed by atoms with Gasteiger partial charge in [0.25, 0.3) is 0 Å². The predicted molar refractivity (Wildman–Crippen MR) is 89.1 cm³/mol. The summed E-state index contributed by atoms with van der Waals surface area (Å²) in [5.74, 6) is 0.964. The van der Waals surface area contributed by atoms with E-state index in [1.165, 1.54) is 6.42 Å². The van der Waals surface area contributed by atoms with E-state index in [0.717, 1.165) is 52.0 Å². The van der Waals surface area contributed by atoms with Crippen LogP contribution in [0.3, 0.4) is 0 Å². The quantitative estimate of drug-likeness (QED) is 0.748. The molecule has 1 amide bonds. The predicted octanol–water partition coefficient (Wildman–Crippen LogP) is 2.33. The molecule has 0 spiro atoms. The number of carbonyl (C=O) groups excluding carboxylic acids is 1. The lowest BCUT2D eigenvalue weighted by Crippen LogP contribution is -2.47. The molecular formula is C17H35N3O. The van der Waals surface area contributed by atoms with Crippen molar-refractivity contribution >= 4 is 5.91 Å². The molecule has 4 heteroatoms. The maximum absolute atomic E-state index is 12.7. The van der Waals surface area contributed by atoms with Crippen LogP contribution in [0.2, 0.25) is 0 Å². The largest absolute Gasteiger partial charge is 0.343 e. The van der Waals surface area contributed by atoms with Crippen molar-refractivity contribution in [3.05, 3.63) is 0 Å². The molecule has 0 saturated heterocycles. The van der Waals surface area contributed by atoms with E-state index in [1.54, 1.807) is 0 Å². The molecule has 124 valence electrons. The van der Waals surface area contributed by atoms with Gasteiger partial charge in [0.15, 0.2) is 0 Å². The number of hydrogen-bond acceptors (Lipinski definition) is 3. The van der Waals surface area contributed by atoms with Gasteiger partial charge in [0, 0.05) is 19.1 Å². The summed E-state index contributed by atoms with van der Waals surface area (Å²) in [5, 5.41) is 0. The molecule has 2 N–H and O–H groups in total. The number of rotatable bonds is 8. The van der Waals surface area contributed by atoms with Gasteiger partial charge in [0.05, 0.1) is 5.92 Å². The van der Waals surface area contributed by atoms with Crippen LogP contribution < -0.4 is 5.73 Å². The Hall–Kier alpha value is -0.610. The molecule has 0 aromatic rings. The molecule has 3 atom stereocenters. The highest BCUT2D eigenvalue weighted by atomic mass is 16.2. The molecule has 0 bridgehead atoms. The second-order valence-electron chi connectivity index (χ2n) is 6.49. The van der Waals surface area contributed by atoms with Gasteiger partial charge in [-0.2, -0.15) is 0 Å². The maximum Gasteiger partial charge on any atom is 0.227 e. The topological polar surface area (TPSA) is 49.6 Å². The summed E-state index contributed by atoms with van der Waals surface area (Å²) >= 11 is 0. The molecule has 1 saturated carbocycles. The van der Waals surface area contributed by atoms with Gasteiger partial charge in [-0.05, 0) is 58.2 Å². The van der Waals surface area contributed by atoms with Crippen molar-refractivity contribution in [2.24, 2.45) is 17.6 Å². The van der Waals surface area contributed by atoms with Crippen LogP contribution in [0.5, 0.6) is 0 Å². The number of hydrogen-bond donors (Lipinski definition) is 1. The number of nitrogens with zero attached hydrogens (tertiary/aromatic N) is 2. The zero-order valence-corrected chi connectivity index (χ0v) is 14.5. The SMILES string of the molecule is CCN(CC)CCCN(CC)C(=O)C1CC(C)CCC1N. The van der Waals surface area contributed by atoms with Gasteiger partial charge in [0.1, 0.15) is 0 Å². The van der Waals surface area contributed by atoms with Crippen molar-refractivity contribution in [2.75, 3.05) is 32.7 Å². The molecule has 0 aromatic heterocycles. The highest BCUT2D eigenvalue weighted by Gasteiger charge is 2.33. The Morgan fingerprint density at radius 2 is 1.76 bits per heavy atom. The minimum Gasteiger partial charge on any atom is -0.343 e. The molecule has 0 heterocycles. The van der Waals surface area contributed by atoms with Crippen molar-refractivity contribution in [1.82, 2.24) is 9.80 Å². The average molecular weight is 297 g/mol. The molecule has 0 radical (unpaired) electrons. The molecule has 0 aliphatic heterocycles. The molecule has 4 nitrogen and oxygen atoms in total. The van der Waals surface area contributed by atoms with Crippen molar-refractivity contribution in [2.45, 2.75) is 59.4 Å². The molecule has 21 heavy (non-hydrogen) atoms. The van der Waals surface area contributed by atoms with E-state index in [9.17, 15) is 4.79 Å². The summed E-state index contributed by atoms with van der Waals surface area (Å²) in [6, 6.07) is 0.0607. The lowest BCUT2D eigenvalue weighted by atomic mass is 9.78. The molecule has 3 unspecified atom stereocenters. The summed E-state index contributed by atoms with van der Waals surface area (Å²) in [6.45, 7) is 13.6. The first-order valence-corrected chi connectivity index (χ1v) is 8.80. The van der Waals surface area contributed by atoms with Crippen LogP contribution in [0.25, 0.3) is 0 Å². The van der Waals surface area contributed by atoms with Gasteiger partial charge in [-0.3, -0.25) is 4.79 Å². The van der Waals surface area contributed by atoms with Crippen molar-refractivity contribution in [3.8, 4) is 0 Å². The molecule has 1 aliphatic rings. The van der Waals surface area contributed by atoms with Gasteiger partial charge in [-0.1, -0.05) is 20.8 Å². The molecule has 1 rings (SSSR count). The van der Waals surface area contributed by atoms with Gasteiger partial charge < -0.3 is 15.5 Å². The normalized spacial score (nSPS) is 26.1. The van der Waals surface area contributed by atoms with E-state index in [-0.39, 0.29) is 17.9 Å². The highest BCUT2D eigenvalue weighted by molar-refractivity contribution is 5.79. The van der Waals surface area contributed by atoms with Crippen LogP contribution in [-0.4, -0.2) is 54.5 Å². The lowest BCUT2D eigenvalue weighted by Gasteiger charge is -2.35. The van der Waals surface area contributed by atoms with Gasteiger partial charge >= 0.3 is 0 Å². The van der Waals surface area contributed by atoms with Crippen LogP contribution in [0.15, 0.2) is 0 Å². The summed E-state index contributed by atoms with van der Waals surface area (Å²) < 4.78 is 0. The van der Waals surface area contributed by atoms with E-state index in [0.29, 0.717) is 5.92 Å². The zero-order valence-electron chi connectivity index (χ0n) is 14.5. The Kier molecular flexibility index (Phi) is 8.27. The summed E-state index contributed by atoms with van der Waals surface area (Å²) in [4.78, 5) is 17.2. The van der Waals surface area contributed by atoms with Crippen molar-refractivity contribution < 1.29 is 4.79 Å². The third-order valence-electron chi connectivity index (χ3n) is 4.97. The Morgan fingerprint density at radius 3 is 2.33 bits per heavy atom. The zero-order chi connectivity index (χ0) is 15.8. The number of carbonyl (C=O) groups is 1. The van der Waals surface area contributed by atoms with E-state index in [4.69, 9.17) is 5.73 Å². The molecule has 1 aliphatic carbocycles. The number of nitrogens with two attached hydrogens (primary N) is 1. The van der Waals surface area contributed by atoms with Crippen LogP contribution >= 0.6 is 0 Å². The average Bonchev–Trinajstić information content (AvgIpc) is 2.49. The minimum atomic E-state index is 0.0437. The fourth-order valence-corrected chi connectivity index (χ4v) is 3.37. The smallest absolute Gasteiger partial charge is 0.227 e. The Bertz CT molecular complexity index is 304. The van der Waals surface area contributed by atoms with Gasteiger partial charge in [-0.25, -0.2) is 0 Å². The second kappa shape index (κ2) is 9.42. The van der Waals surface area contributed by atoms with Gasteiger partial charge in [0.2, 0.25) is 5.91 Å². The lowest BCUT2D eigenvalue weighted by molar-refractivity contribution is -0.137. The van der Waals surface area contributed by atoms with E-state index in [1.807, 2.05) is 4.90 Å². The Labute approximate surface area is 131 Å². The van der Waals surface area contributed by atoms with E-state index in [2.05, 4.69) is 32.6 Å². The summed E-state index contributed by atoms with van der Waals surface area (Å²) in [7, 11) is 0. The van der Waals surface area contributed by atoms with Crippen molar-refractivity contribution in [1.29, 1.82) is 0 Å². The highest BCUT2D eigenvalue weighted by Crippen LogP contribution is 2.29. The summed E-state index contributed by atoms with van der Waals surface area (Å²) in [6.07, 6.45) is 4.18. The van der Waals surface area contributed by atoms with Crippen LogP contribution in [0.4, 0.5) is 0 Å². The van der Waals surface area contributed by atoms with Crippen LogP contribution in [0.1, 0.15) is 53.4 Å². The standard InChI is InChI=1S/C17H35N3O/c1-5-19(6-2)11-8-12-20(7-3)17(21)15-13-14(4)9-10-16(15)18/h14-16H,5-13,18H2,1-4H3. The number of amides is 1. The van der Waals surface area contributed by atoms with E-state index < -0.39 is 0 Å². The fourth-order valence-electron chi connectivity index (χ4n) is 3.37. The van der Waals surface area contributed by atoms with Crippen molar-refractivity contribution in [3.63, 3.8) is 0 Å². The van der Waals surface area contributed by atoms with Gasteiger partial charge in [-0.15, -0.1) is 0 Å². The second-order valence-corrected chi connectivity index (χ2v) is 6.49. The van der Waals surface area contributed by atoms with Crippen LogP contribution in [0, 0.1) is 11.8 Å². The first-order valence-electron chi connectivity index (χ1n) is 8.80. The van der Waals surface area contributed by atoms with Crippen LogP contribution in [-0.2, 0) is 4.79 Å². The van der Waals surface area contributed by atoms with E-state index >= 15 is 0 Å². The first-order chi connectivity index (χ1) is 10.0. The summed E-state index contributed by atoms with van der Waals surface area (Å²) in [5.41, 5.74) is 6.20. The Balaban J connectivity index is 2.48. The third kappa shape index (κ3) is 5.59. The molecular weight excluding hydrogens is 262 g/mol. The first kappa shape index (κ1) is 18.4. The third-order valence-corrected chi connectivity index (χ3v) is 4.97. The molecule has 1 fully saturated rings. The fraction of sp³-hybridized carbons (Fsp3) is 0.941. The molecule has 0 aromatic carbocycles. The minimum absolute atomic E-state index is 0.0437. The monoisotopic (exact) mass is 297 g/mol. The Morgan fingerprint density at radius 1 is 1.10 bits per heavy atom. The maximum atomic E-state index is 12.7.